The van der Waals surface area contributed by atoms with Crippen molar-refractivity contribution < 1.29 is 0 Å². The lowest BCUT2D eigenvalue weighted by Crippen LogP contribution is -2.08. The van der Waals surface area contributed by atoms with E-state index in [0.717, 1.165) is 30.9 Å². The van der Waals surface area contributed by atoms with E-state index in [1.807, 2.05) is 24.0 Å². The third-order valence-corrected chi connectivity index (χ3v) is 3.12. The zero-order chi connectivity index (χ0) is 12.8. The number of anilines is 1. The van der Waals surface area contributed by atoms with Gasteiger partial charge in [0, 0.05) is 44.0 Å². The van der Waals surface area contributed by atoms with Crippen molar-refractivity contribution >= 4 is 17.3 Å². The van der Waals surface area contributed by atoms with Crippen LogP contribution in [-0.2, 0) is 19.9 Å². The molecule has 0 unspecified atom stereocenters. The molecule has 4 heteroatoms. The topological polar surface area (TPSA) is 29.9 Å². The molecule has 0 radical (unpaired) electrons. The van der Waals surface area contributed by atoms with Crippen molar-refractivity contribution in [1.29, 1.82) is 0 Å². The van der Waals surface area contributed by atoms with Gasteiger partial charge in [-0.05, 0) is 24.1 Å². The zero-order valence-corrected chi connectivity index (χ0v) is 11.3. The van der Waals surface area contributed by atoms with Gasteiger partial charge >= 0.3 is 0 Å². The molecule has 0 saturated heterocycles. The fraction of sp³-hybridized carbons (Fsp3) is 0.357. The molecule has 0 aliphatic heterocycles. The molecule has 3 nitrogen and oxygen atoms in total. The summed E-state index contributed by atoms with van der Waals surface area (Å²) in [6.07, 6.45) is 5.65. The Morgan fingerprint density at radius 1 is 1.22 bits per heavy atom. The molecule has 0 bridgehead atoms. The minimum absolute atomic E-state index is 0.673. The van der Waals surface area contributed by atoms with Crippen LogP contribution < -0.4 is 5.32 Å². The quantitative estimate of drug-likeness (QED) is 0.813. The fourth-order valence-corrected chi connectivity index (χ4v) is 2.07. The molecule has 0 aliphatic carbocycles. The molecule has 1 aromatic carbocycles. The molecule has 2 rings (SSSR count). The van der Waals surface area contributed by atoms with E-state index in [1.54, 1.807) is 0 Å². The van der Waals surface area contributed by atoms with E-state index < -0.39 is 0 Å². The largest absolute Gasteiger partial charge is 0.385 e. The van der Waals surface area contributed by atoms with Crippen molar-refractivity contribution in [3.8, 4) is 0 Å². The van der Waals surface area contributed by atoms with Crippen LogP contribution in [0.25, 0.3) is 0 Å². The Morgan fingerprint density at radius 2 is 2.00 bits per heavy atom. The number of rotatable bonds is 6. The summed E-state index contributed by atoms with van der Waals surface area (Å²) < 4.78 is 2.05. The van der Waals surface area contributed by atoms with Gasteiger partial charge in [0.2, 0.25) is 0 Å². The predicted octanol–water partition coefficient (Wildman–Crippen LogP) is 2.86. The fourth-order valence-electron chi connectivity index (χ4n) is 1.85. The van der Waals surface area contributed by atoms with E-state index in [0.29, 0.717) is 5.88 Å². The molecule has 18 heavy (non-hydrogen) atoms. The molecule has 0 spiro atoms. The lowest BCUT2D eigenvalue weighted by molar-refractivity contribution is 0.789. The Hall–Kier alpha value is -1.48. The first-order chi connectivity index (χ1) is 8.79. The molecule has 0 amide bonds. The van der Waals surface area contributed by atoms with Crippen molar-refractivity contribution in [1.82, 2.24) is 9.55 Å². The molecule has 0 atom stereocenters. The molecular formula is C14H18ClN3. The van der Waals surface area contributed by atoms with Crippen LogP contribution in [0, 0.1) is 0 Å². The number of aryl methyl sites for hydroxylation is 2. The summed E-state index contributed by atoms with van der Waals surface area (Å²) in [5, 5.41) is 3.39. The molecule has 0 aliphatic rings. The van der Waals surface area contributed by atoms with Crippen LogP contribution in [0.2, 0.25) is 0 Å². The maximum Gasteiger partial charge on any atom is 0.110 e. The van der Waals surface area contributed by atoms with Gasteiger partial charge in [-0.2, -0.15) is 0 Å². The van der Waals surface area contributed by atoms with Crippen LogP contribution in [0.4, 0.5) is 5.69 Å². The number of hydrogen-bond donors (Lipinski definition) is 1. The van der Waals surface area contributed by atoms with Gasteiger partial charge in [0.1, 0.15) is 5.82 Å². The van der Waals surface area contributed by atoms with Crippen molar-refractivity contribution in [2.24, 2.45) is 7.05 Å². The summed E-state index contributed by atoms with van der Waals surface area (Å²) in [7, 11) is 2.02. The highest BCUT2D eigenvalue weighted by Gasteiger charge is 1.99. The standard InChI is InChI=1S/C14H18ClN3/c1-18-11-10-17-14(18)7-9-16-13-4-2-12(3-5-13)6-8-15/h2-5,10-11,16H,6-9H2,1H3. The van der Waals surface area contributed by atoms with Crippen LogP contribution in [0.3, 0.4) is 0 Å². The van der Waals surface area contributed by atoms with Gasteiger partial charge in [0.25, 0.3) is 0 Å². The Morgan fingerprint density at radius 3 is 2.61 bits per heavy atom. The van der Waals surface area contributed by atoms with Gasteiger partial charge in [-0.15, -0.1) is 11.6 Å². The minimum Gasteiger partial charge on any atom is -0.385 e. The molecule has 0 fully saturated rings. The van der Waals surface area contributed by atoms with Gasteiger partial charge in [0.05, 0.1) is 0 Å². The Labute approximate surface area is 113 Å². The third kappa shape index (κ3) is 3.50. The molecule has 96 valence electrons. The summed E-state index contributed by atoms with van der Waals surface area (Å²) >= 11 is 5.71. The van der Waals surface area contributed by atoms with Gasteiger partial charge in [-0.1, -0.05) is 12.1 Å². The third-order valence-electron chi connectivity index (χ3n) is 2.94. The normalized spacial score (nSPS) is 10.6. The van der Waals surface area contributed by atoms with Crippen molar-refractivity contribution in [2.75, 3.05) is 17.7 Å². The number of aromatic nitrogens is 2. The Kier molecular flexibility index (Phi) is 4.65. The van der Waals surface area contributed by atoms with Gasteiger partial charge < -0.3 is 9.88 Å². The molecule has 1 N–H and O–H groups in total. The first-order valence-electron chi connectivity index (χ1n) is 6.14. The van der Waals surface area contributed by atoms with Crippen molar-refractivity contribution in [3.05, 3.63) is 48.0 Å². The number of nitrogens with one attached hydrogen (secondary N) is 1. The highest BCUT2D eigenvalue weighted by Crippen LogP contribution is 2.10. The van der Waals surface area contributed by atoms with Gasteiger partial charge in [-0.3, -0.25) is 0 Å². The number of alkyl halides is 1. The average Bonchev–Trinajstić information content (AvgIpc) is 2.78. The van der Waals surface area contributed by atoms with Crippen LogP contribution in [0.15, 0.2) is 36.7 Å². The van der Waals surface area contributed by atoms with Gasteiger partial charge in [-0.25, -0.2) is 4.98 Å². The van der Waals surface area contributed by atoms with E-state index in [2.05, 4.69) is 34.6 Å². The number of benzene rings is 1. The first-order valence-corrected chi connectivity index (χ1v) is 6.68. The SMILES string of the molecule is Cn1ccnc1CCNc1ccc(CCCl)cc1. The van der Waals surface area contributed by atoms with E-state index in [1.165, 1.54) is 5.56 Å². The lowest BCUT2D eigenvalue weighted by atomic mass is 10.1. The zero-order valence-electron chi connectivity index (χ0n) is 10.6. The number of imidazole rings is 1. The number of halogens is 1. The summed E-state index contributed by atoms with van der Waals surface area (Å²) in [6.45, 7) is 0.889. The molecule has 1 heterocycles. The molecule has 2 aromatic rings. The highest BCUT2D eigenvalue weighted by molar-refractivity contribution is 6.17. The van der Waals surface area contributed by atoms with Crippen molar-refractivity contribution in [2.45, 2.75) is 12.8 Å². The molecular weight excluding hydrogens is 246 g/mol. The highest BCUT2D eigenvalue weighted by atomic mass is 35.5. The molecule has 0 saturated carbocycles. The van der Waals surface area contributed by atoms with E-state index in [9.17, 15) is 0 Å². The number of nitrogens with zero attached hydrogens (tertiary/aromatic N) is 2. The maximum absolute atomic E-state index is 5.71. The van der Waals surface area contributed by atoms with E-state index in [-0.39, 0.29) is 0 Å². The number of hydrogen-bond acceptors (Lipinski definition) is 2. The Balaban J connectivity index is 1.81. The van der Waals surface area contributed by atoms with Crippen LogP contribution >= 0.6 is 11.6 Å². The van der Waals surface area contributed by atoms with E-state index in [4.69, 9.17) is 11.6 Å². The van der Waals surface area contributed by atoms with Crippen LogP contribution in [-0.4, -0.2) is 22.0 Å². The first kappa shape index (κ1) is 13.0. The monoisotopic (exact) mass is 263 g/mol. The smallest absolute Gasteiger partial charge is 0.110 e. The predicted molar refractivity (Wildman–Crippen MR) is 76.3 cm³/mol. The average molecular weight is 264 g/mol. The lowest BCUT2D eigenvalue weighted by Gasteiger charge is -2.07. The van der Waals surface area contributed by atoms with E-state index >= 15 is 0 Å². The van der Waals surface area contributed by atoms with Crippen molar-refractivity contribution in [3.63, 3.8) is 0 Å². The van der Waals surface area contributed by atoms with Gasteiger partial charge in [0.15, 0.2) is 0 Å². The Bertz CT molecular complexity index is 476. The summed E-state index contributed by atoms with van der Waals surface area (Å²) in [5.74, 6) is 1.77. The summed E-state index contributed by atoms with van der Waals surface area (Å²) in [6, 6.07) is 8.43. The maximum atomic E-state index is 5.71. The second-order valence-corrected chi connectivity index (χ2v) is 4.65. The molecule has 1 aromatic heterocycles. The second kappa shape index (κ2) is 6.45. The van der Waals surface area contributed by atoms with Crippen LogP contribution in [0.5, 0.6) is 0 Å². The minimum atomic E-state index is 0.673. The van der Waals surface area contributed by atoms with Crippen LogP contribution in [0.1, 0.15) is 11.4 Å². The summed E-state index contributed by atoms with van der Waals surface area (Å²) in [5.41, 5.74) is 2.42. The summed E-state index contributed by atoms with van der Waals surface area (Å²) in [4.78, 5) is 4.29. The second-order valence-electron chi connectivity index (χ2n) is 4.27.